The van der Waals surface area contributed by atoms with E-state index < -0.39 is 5.97 Å². The molecule has 0 radical (unpaired) electrons. The molecule has 0 bridgehead atoms. The molecular formula is C12H17N3O3. The first-order valence-corrected chi connectivity index (χ1v) is 6.07. The highest BCUT2D eigenvalue weighted by molar-refractivity contribution is 5.94. The van der Waals surface area contributed by atoms with Crippen molar-refractivity contribution < 1.29 is 14.7 Å². The number of carboxylic acids is 1. The van der Waals surface area contributed by atoms with Crippen molar-refractivity contribution in [2.24, 2.45) is 0 Å². The van der Waals surface area contributed by atoms with Gasteiger partial charge in [0.15, 0.2) is 0 Å². The van der Waals surface area contributed by atoms with Crippen LogP contribution in [0.5, 0.6) is 0 Å². The van der Waals surface area contributed by atoms with Crippen LogP contribution in [0.1, 0.15) is 48.8 Å². The second kappa shape index (κ2) is 4.80. The zero-order valence-corrected chi connectivity index (χ0v) is 10.5. The van der Waals surface area contributed by atoms with Gasteiger partial charge in [-0.25, -0.2) is 0 Å². The summed E-state index contributed by atoms with van der Waals surface area (Å²) in [5.41, 5.74) is 1.18. The molecule has 2 rings (SSSR count). The summed E-state index contributed by atoms with van der Waals surface area (Å²) >= 11 is 0. The number of aromatic nitrogens is 2. The summed E-state index contributed by atoms with van der Waals surface area (Å²) < 4.78 is 0. The molecule has 6 nitrogen and oxygen atoms in total. The molecule has 0 unspecified atom stereocenters. The number of rotatable bonds is 5. The van der Waals surface area contributed by atoms with Crippen LogP contribution >= 0.6 is 0 Å². The van der Waals surface area contributed by atoms with E-state index in [2.05, 4.69) is 10.2 Å². The minimum atomic E-state index is -0.991. The molecule has 1 aromatic rings. The van der Waals surface area contributed by atoms with Gasteiger partial charge in [0.05, 0.1) is 0 Å². The number of amides is 1. The highest BCUT2D eigenvalue weighted by atomic mass is 16.4. The third-order valence-electron chi connectivity index (χ3n) is 2.99. The highest BCUT2D eigenvalue weighted by Gasteiger charge is 2.35. The molecule has 6 heteroatoms. The summed E-state index contributed by atoms with van der Waals surface area (Å²) in [6.45, 7) is 3.74. The Morgan fingerprint density at radius 1 is 1.56 bits per heavy atom. The number of carboxylic acid groups (broad SMARTS) is 1. The van der Waals surface area contributed by atoms with Gasteiger partial charge in [-0.2, -0.15) is 5.10 Å². The maximum Gasteiger partial charge on any atom is 0.323 e. The second-order valence-electron chi connectivity index (χ2n) is 4.92. The van der Waals surface area contributed by atoms with Crippen LogP contribution in [0.3, 0.4) is 0 Å². The number of nitrogens with zero attached hydrogens (tertiary/aromatic N) is 2. The van der Waals surface area contributed by atoms with Crippen LogP contribution in [0.25, 0.3) is 0 Å². The van der Waals surface area contributed by atoms with E-state index in [0.717, 1.165) is 18.5 Å². The summed E-state index contributed by atoms with van der Waals surface area (Å²) in [6, 6.07) is 1.76. The largest absolute Gasteiger partial charge is 0.480 e. The molecule has 0 aromatic carbocycles. The van der Waals surface area contributed by atoms with E-state index >= 15 is 0 Å². The first-order valence-electron chi connectivity index (χ1n) is 6.07. The summed E-state index contributed by atoms with van der Waals surface area (Å²) in [7, 11) is 0. The summed E-state index contributed by atoms with van der Waals surface area (Å²) in [5.74, 6) is -1.04. The maximum atomic E-state index is 12.2. The van der Waals surface area contributed by atoms with Gasteiger partial charge in [0.25, 0.3) is 5.91 Å². The standard InChI is InChI=1S/C12H17N3O3/c1-7(2)9-5-10(14-13-9)12(18)15(6-11(16)17)8-3-4-8/h5,7-8H,3-4,6H2,1-2H3,(H,13,14)(H,16,17). The van der Waals surface area contributed by atoms with Crippen molar-refractivity contribution in [1.82, 2.24) is 15.1 Å². The average molecular weight is 251 g/mol. The molecule has 0 spiro atoms. The van der Waals surface area contributed by atoms with Crippen LogP contribution in [0, 0.1) is 0 Å². The van der Waals surface area contributed by atoms with Crippen molar-refractivity contribution in [3.8, 4) is 0 Å². The predicted molar refractivity (Wildman–Crippen MR) is 64.4 cm³/mol. The van der Waals surface area contributed by atoms with E-state index in [0.29, 0.717) is 5.69 Å². The number of nitrogens with one attached hydrogen (secondary N) is 1. The van der Waals surface area contributed by atoms with Gasteiger partial charge >= 0.3 is 5.97 Å². The Balaban J connectivity index is 2.14. The Morgan fingerprint density at radius 3 is 2.67 bits per heavy atom. The molecule has 18 heavy (non-hydrogen) atoms. The van der Waals surface area contributed by atoms with Crippen molar-refractivity contribution in [2.45, 2.75) is 38.6 Å². The SMILES string of the molecule is CC(C)c1cc(C(=O)N(CC(=O)O)C2CC2)n[nH]1. The van der Waals surface area contributed by atoms with Gasteiger partial charge in [-0.05, 0) is 24.8 Å². The normalized spacial score (nSPS) is 14.8. The molecule has 0 saturated heterocycles. The number of carbonyl (C=O) groups is 2. The first-order chi connectivity index (χ1) is 8.49. The fourth-order valence-electron chi connectivity index (χ4n) is 1.79. The topological polar surface area (TPSA) is 86.3 Å². The Kier molecular flexibility index (Phi) is 3.36. The van der Waals surface area contributed by atoms with Gasteiger partial charge in [0.2, 0.25) is 0 Å². The molecular weight excluding hydrogens is 234 g/mol. The van der Waals surface area contributed by atoms with Crippen LogP contribution in [0.4, 0.5) is 0 Å². The lowest BCUT2D eigenvalue weighted by molar-refractivity contribution is -0.137. The van der Waals surface area contributed by atoms with Gasteiger partial charge < -0.3 is 10.0 Å². The van der Waals surface area contributed by atoms with Crippen LogP contribution in [-0.4, -0.2) is 44.7 Å². The molecule has 1 saturated carbocycles. The first kappa shape index (κ1) is 12.6. The number of hydrogen-bond acceptors (Lipinski definition) is 3. The smallest absolute Gasteiger partial charge is 0.323 e. The number of H-pyrrole nitrogens is 1. The Bertz CT molecular complexity index is 463. The fourth-order valence-corrected chi connectivity index (χ4v) is 1.79. The van der Waals surface area contributed by atoms with E-state index in [4.69, 9.17) is 5.11 Å². The van der Waals surface area contributed by atoms with Crippen molar-refractivity contribution >= 4 is 11.9 Å². The van der Waals surface area contributed by atoms with Gasteiger partial charge in [0.1, 0.15) is 12.2 Å². The second-order valence-corrected chi connectivity index (χ2v) is 4.92. The van der Waals surface area contributed by atoms with E-state index in [-0.39, 0.29) is 24.4 Å². The van der Waals surface area contributed by atoms with Crippen molar-refractivity contribution in [1.29, 1.82) is 0 Å². The average Bonchev–Trinajstić information content (AvgIpc) is 3.00. The van der Waals surface area contributed by atoms with Crippen LogP contribution in [0.15, 0.2) is 6.07 Å². The molecule has 1 aliphatic carbocycles. The molecule has 2 N–H and O–H groups in total. The third kappa shape index (κ3) is 2.69. The van der Waals surface area contributed by atoms with Crippen molar-refractivity contribution in [2.75, 3.05) is 6.54 Å². The number of aromatic amines is 1. The number of carbonyl (C=O) groups excluding carboxylic acids is 1. The molecule has 98 valence electrons. The fraction of sp³-hybridized carbons (Fsp3) is 0.583. The molecule has 1 aromatic heterocycles. The van der Waals surface area contributed by atoms with Crippen molar-refractivity contribution in [3.63, 3.8) is 0 Å². The summed E-state index contributed by atoms with van der Waals surface area (Å²) in [6.07, 6.45) is 1.75. The lowest BCUT2D eigenvalue weighted by Gasteiger charge is -2.18. The van der Waals surface area contributed by atoms with Gasteiger partial charge in [-0.1, -0.05) is 13.8 Å². The minimum Gasteiger partial charge on any atom is -0.480 e. The molecule has 0 aliphatic heterocycles. The van der Waals surface area contributed by atoms with E-state index in [9.17, 15) is 9.59 Å². The van der Waals surface area contributed by atoms with E-state index in [1.807, 2.05) is 13.8 Å². The summed E-state index contributed by atoms with van der Waals surface area (Å²) in [5, 5.41) is 15.6. The number of aliphatic carboxylic acids is 1. The Labute approximate surface area is 105 Å². The van der Waals surface area contributed by atoms with Crippen LogP contribution in [-0.2, 0) is 4.79 Å². The third-order valence-corrected chi connectivity index (χ3v) is 2.99. The van der Waals surface area contributed by atoms with Crippen LogP contribution < -0.4 is 0 Å². The lowest BCUT2D eigenvalue weighted by Crippen LogP contribution is -2.37. The predicted octanol–water partition coefficient (Wildman–Crippen LogP) is 1.22. The van der Waals surface area contributed by atoms with Gasteiger partial charge in [-0.15, -0.1) is 0 Å². The van der Waals surface area contributed by atoms with E-state index in [1.165, 1.54) is 4.90 Å². The van der Waals surface area contributed by atoms with Gasteiger partial charge in [0, 0.05) is 11.7 Å². The molecule has 1 fully saturated rings. The highest BCUT2D eigenvalue weighted by Crippen LogP contribution is 2.28. The monoisotopic (exact) mass is 251 g/mol. The zero-order chi connectivity index (χ0) is 13.3. The Morgan fingerprint density at radius 2 is 2.22 bits per heavy atom. The Hall–Kier alpha value is -1.85. The minimum absolute atomic E-state index is 0.0628. The molecule has 1 amide bonds. The zero-order valence-electron chi connectivity index (χ0n) is 10.5. The summed E-state index contributed by atoms with van der Waals surface area (Å²) in [4.78, 5) is 24.3. The van der Waals surface area contributed by atoms with Crippen molar-refractivity contribution in [3.05, 3.63) is 17.5 Å². The quantitative estimate of drug-likeness (QED) is 0.823. The number of hydrogen-bond donors (Lipinski definition) is 2. The molecule has 0 atom stereocenters. The van der Waals surface area contributed by atoms with Crippen LogP contribution in [0.2, 0.25) is 0 Å². The van der Waals surface area contributed by atoms with E-state index in [1.54, 1.807) is 6.07 Å². The molecule has 1 heterocycles. The molecule has 1 aliphatic rings. The lowest BCUT2D eigenvalue weighted by atomic mass is 10.1. The van der Waals surface area contributed by atoms with Gasteiger partial charge in [-0.3, -0.25) is 14.7 Å². The maximum absolute atomic E-state index is 12.2.